The molecule has 1 aromatic heterocycles. The summed E-state index contributed by atoms with van der Waals surface area (Å²) in [7, 11) is -3.59. The number of thioether (sulfide) groups is 1. The molecular weight excluding hydrogens is 459 g/mol. The lowest BCUT2D eigenvalue weighted by molar-refractivity contribution is 0.102. The van der Waals surface area contributed by atoms with E-state index in [1.54, 1.807) is 36.0 Å². The average Bonchev–Trinajstić information content (AvgIpc) is 3.18. The first-order valence-corrected chi connectivity index (χ1v) is 13.0. The van der Waals surface area contributed by atoms with Crippen molar-refractivity contribution < 1.29 is 17.6 Å². The maximum absolute atomic E-state index is 13.1. The van der Waals surface area contributed by atoms with E-state index in [4.69, 9.17) is 0 Å². The molecule has 11 heteroatoms. The second kappa shape index (κ2) is 10.2. The molecule has 0 aliphatic carbocycles. The van der Waals surface area contributed by atoms with Gasteiger partial charge in [0.2, 0.25) is 15.2 Å². The van der Waals surface area contributed by atoms with Crippen LogP contribution >= 0.6 is 23.1 Å². The normalized spacial score (nSPS) is 11.3. The number of hydrogen-bond acceptors (Lipinski definition) is 7. The van der Waals surface area contributed by atoms with E-state index in [1.165, 1.54) is 39.9 Å². The zero-order valence-corrected chi connectivity index (χ0v) is 19.4. The van der Waals surface area contributed by atoms with Gasteiger partial charge in [-0.15, -0.1) is 10.2 Å². The Labute approximate surface area is 188 Å². The lowest BCUT2D eigenvalue weighted by Crippen LogP contribution is -2.29. The average molecular weight is 481 g/mol. The largest absolute Gasteiger partial charge is 0.296 e. The Bertz CT molecular complexity index is 1130. The van der Waals surface area contributed by atoms with Crippen LogP contribution in [0.5, 0.6) is 0 Å². The molecule has 31 heavy (non-hydrogen) atoms. The molecule has 0 aliphatic rings. The molecule has 0 atom stereocenters. The van der Waals surface area contributed by atoms with Gasteiger partial charge in [0.1, 0.15) is 5.82 Å². The van der Waals surface area contributed by atoms with Crippen molar-refractivity contribution in [3.8, 4) is 0 Å². The summed E-state index contributed by atoms with van der Waals surface area (Å²) < 4.78 is 39.7. The van der Waals surface area contributed by atoms with Crippen LogP contribution in [0.2, 0.25) is 0 Å². The third-order valence-corrected chi connectivity index (χ3v) is 7.43. The fraction of sp³-hybridized carbons (Fsp3) is 0.250. The van der Waals surface area contributed by atoms with Crippen molar-refractivity contribution in [3.63, 3.8) is 0 Å². The molecular formula is C20H21FN4O3S3. The van der Waals surface area contributed by atoms with Crippen LogP contribution in [0.1, 0.15) is 29.3 Å². The molecule has 0 saturated carbocycles. The van der Waals surface area contributed by atoms with E-state index in [0.717, 1.165) is 22.8 Å². The van der Waals surface area contributed by atoms with E-state index in [2.05, 4.69) is 22.4 Å². The molecule has 2 aromatic carbocycles. The van der Waals surface area contributed by atoms with Crippen LogP contribution < -0.4 is 9.62 Å². The molecule has 0 unspecified atom stereocenters. The van der Waals surface area contributed by atoms with Gasteiger partial charge in [-0.3, -0.25) is 14.4 Å². The van der Waals surface area contributed by atoms with Crippen molar-refractivity contribution in [1.82, 2.24) is 10.2 Å². The van der Waals surface area contributed by atoms with Crippen LogP contribution in [0.4, 0.5) is 15.2 Å². The van der Waals surface area contributed by atoms with E-state index >= 15 is 0 Å². The molecule has 0 spiro atoms. The quantitative estimate of drug-likeness (QED) is 0.361. The fourth-order valence-corrected chi connectivity index (χ4v) is 5.17. The first-order chi connectivity index (χ1) is 14.8. The topological polar surface area (TPSA) is 92.3 Å². The predicted octanol–water partition coefficient (Wildman–Crippen LogP) is 4.40. The van der Waals surface area contributed by atoms with Crippen molar-refractivity contribution in [2.75, 3.05) is 21.6 Å². The molecule has 3 rings (SSSR count). The molecule has 0 bridgehead atoms. The van der Waals surface area contributed by atoms with E-state index < -0.39 is 15.8 Å². The van der Waals surface area contributed by atoms with Gasteiger partial charge >= 0.3 is 0 Å². The van der Waals surface area contributed by atoms with Crippen LogP contribution in [0.15, 0.2) is 52.9 Å². The highest BCUT2D eigenvalue weighted by molar-refractivity contribution is 8.01. The van der Waals surface area contributed by atoms with Gasteiger partial charge in [-0.1, -0.05) is 42.2 Å². The van der Waals surface area contributed by atoms with Crippen LogP contribution in [0.25, 0.3) is 0 Å². The van der Waals surface area contributed by atoms with Gasteiger partial charge in [0, 0.05) is 11.3 Å². The van der Waals surface area contributed by atoms with Crippen LogP contribution in [-0.2, 0) is 16.6 Å². The molecule has 0 radical (unpaired) electrons. The summed E-state index contributed by atoms with van der Waals surface area (Å²) in [5.74, 6) is 0.175. The van der Waals surface area contributed by atoms with Crippen molar-refractivity contribution in [2.24, 2.45) is 0 Å². The fourth-order valence-electron chi connectivity index (χ4n) is 2.61. The monoisotopic (exact) mass is 480 g/mol. The first-order valence-electron chi connectivity index (χ1n) is 9.36. The maximum Gasteiger partial charge on any atom is 0.257 e. The summed E-state index contributed by atoms with van der Waals surface area (Å²) in [6.07, 6.45) is 2.12. The Kier molecular flexibility index (Phi) is 7.63. The highest BCUT2D eigenvalue weighted by atomic mass is 32.2. The van der Waals surface area contributed by atoms with Crippen molar-refractivity contribution >= 4 is 49.8 Å². The number of rotatable bonds is 9. The molecule has 0 fully saturated rings. The summed E-state index contributed by atoms with van der Waals surface area (Å²) >= 11 is 2.89. The van der Waals surface area contributed by atoms with E-state index in [-0.39, 0.29) is 12.5 Å². The summed E-state index contributed by atoms with van der Waals surface area (Å²) in [6, 6.07) is 11.8. The number of aromatic nitrogens is 2. The number of carbonyl (C=O) groups excluding carboxylic acids is 1. The Morgan fingerprint density at radius 3 is 2.42 bits per heavy atom. The Morgan fingerprint density at radius 1 is 1.13 bits per heavy atom. The van der Waals surface area contributed by atoms with Gasteiger partial charge in [0.25, 0.3) is 5.91 Å². The molecule has 7 nitrogen and oxygen atoms in total. The summed E-state index contributed by atoms with van der Waals surface area (Å²) in [4.78, 5) is 12.5. The third kappa shape index (κ3) is 6.49. The van der Waals surface area contributed by atoms with E-state index in [9.17, 15) is 17.6 Å². The second-order valence-corrected chi connectivity index (χ2v) is 10.8. The molecule has 1 heterocycles. The zero-order valence-electron chi connectivity index (χ0n) is 16.9. The van der Waals surface area contributed by atoms with Crippen molar-refractivity contribution in [3.05, 3.63) is 65.5 Å². The first kappa shape index (κ1) is 23.2. The third-order valence-electron chi connectivity index (χ3n) is 4.11. The van der Waals surface area contributed by atoms with Crippen LogP contribution in [-0.4, -0.2) is 36.5 Å². The summed E-state index contributed by atoms with van der Waals surface area (Å²) in [5.41, 5.74) is 1.40. The minimum atomic E-state index is -3.59. The smallest absolute Gasteiger partial charge is 0.257 e. The second-order valence-electron chi connectivity index (χ2n) is 6.62. The predicted molar refractivity (Wildman–Crippen MR) is 123 cm³/mol. The molecule has 1 N–H and O–H groups in total. The minimum Gasteiger partial charge on any atom is -0.296 e. The lowest BCUT2D eigenvalue weighted by Gasteiger charge is -2.22. The number of nitrogens with one attached hydrogen (secondary N) is 1. The minimum absolute atomic E-state index is 0.0493. The number of benzene rings is 2. The highest BCUT2D eigenvalue weighted by Gasteiger charge is 2.19. The number of anilines is 2. The Morgan fingerprint density at radius 2 is 1.81 bits per heavy atom. The molecule has 0 aliphatic heterocycles. The Hall–Kier alpha value is -2.50. The number of amides is 1. The molecule has 0 saturated heterocycles. The molecule has 1 amide bonds. The number of halogens is 1. The van der Waals surface area contributed by atoms with Gasteiger partial charge in [-0.05, 0) is 48.4 Å². The SMILES string of the molecule is CCCSc1nnc(NC(=O)c2ccc(N(Cc3ccc(F)cc3)S(C)(=O)=O)cc2)s1. The summed E-state index contributed by atoms with van der Waals surface area (Å²) in [6.45, 7) is 2.12. The van der Waals surface area contributed by atoms with E-state index in [0.29, 0.717) is 21.9 Å². The number of carbonyl (C=O) groups is 1. The van der Waals surface area contributed by atoms with Crippen molar-refractivity contribution in [2.45, 2.75) is 24.2 Å². The maximum atomic E-state index is 13.1. The molecule has 164 valence electrons. The molecule has 3 aromatic rings. The lowest BCUT2D eigenvalue weighted by atomic mass is 10.2. The zero-order chi connectivity index (χ0) is 22.4. The summed E-state index contributed by atoms with van der Waals surface area (Å²) in [5, 5.41) is 11.1. The Balaban J connectivity index is 1.72. The van der Waals surface area contributed by atoms with Gasteiger partial charge in [-0.2, -0.15) is 0 Å². The number of nitrogens with zero attached hydrogens (tertiary/aromatic N) is 3. The number of hydrogen-bond donors (Lipinski definition) is 1. The van der Waals surface area contributed by atoms with Crippen LogP contribution in [0.3, 0.4) is 0 Å². The van der Waals surface area contributed by atoms with Crippen LogP contribution in [0, 0.1) is 5.82 Å². The van der Waals surface area contributed by atoms with Crippen molar-refractivity contribution in [1.29, 1.82) is 0 Å². The standard InChI is InChI=1S/C20H21FN4O3S3/c1-3-12-29-20-24-23-19(30-20)22-18(26)15-6-10-17(11-7-15)25(31(2,27)28)13-14-4-8-16(21)9-5-14/h4-11H,3,12-13H2,1-2H3,(H,22,23,26). The number of sulfonamides is 1. The van der Waals surface area contributed by atoms with Gasteiger partial charge in [0.15, 0.2) is 4.34 Å². The highest BCUT2D eigenvalue weighted by Crippen LogP contribution is 2.26. The van der Waals surface area contributed by atoms with Gasteiger partial charge < -0.3 is 0 Å². The van der Waals surface area contributed by atoms with E-state index in [1.807, 2.05) is 0 Å². The van der Waals surface area contributed by atoms with Gasteiger partial charge in [0.05, 0.1) is 18.5 Å². The van der Waals surface area contributed by atoms with Gasteiger partial charge in [-0.25, -0.2) is 12.8 Å².